The first-order valence-electron chi connectivity index (χ1n) is 11.2. The van der Waals surface area contributed by atoms with Crippen LogP contribution >= 0.6 is 0 Å². The molecule has 5 aliphatic rings. The number of pyridine rings is 1. The summed E-state index contributed by atoms with van der Waals surface area (Å²) < 4.78 is 31.6. The van der Waals surface area contributed by atoms with Gasteiger partial charge in [-0.1, -0.05) is 24.3 Å². The van der Waals surface area contributed by atoms with E-state index in [-0.39, 0.29) is 23.3 Å². The van der Waals surface area contributed by atoms with E-state index in [1.54, 1.807) is 22.8 Å². The summed E-state index contributed by atoms with van der Waals surface area (Å²) in [5.41, 5.74) is -0.0255. The second-order valence-electron chi connectivity index (χ2n) is 10.4. The fraction of sp³-hybridized carbons (Fsp3) is 0.500. The first-order chi connectivity index (χ1) is 15.2. The molecule has 2 aromatic rings. The van der Waals surface area contributed by atoms with E-state index in [1.807, 2.05) is 24.3 Å². The molecule has 3 fully saturated rings. The van der Waals surface area contributed by atoms with Gasteiger partial charge in [0.15, 0.2) is 11.4 Å². The third-order valence-electron chi connectivity index (χ3n) is 9.14. The lowest BCUT2D eigenvalue weighted by atomic mass is 9.67. The van der Waals surface area contributed by atoms with Crippen molar-refractivity contribution in [1.82, 2.24) is 9.58 Å². The molecule has 166 valence electrons. The molecule has 2 bridgehead atoms. The summed E-state index contributed by atoms with van der Waals surface area (Å²) >= 11 is 0. The second-order valence-corrected chi connectivity index (χ2v) is 10.4. The van der Waals surface area contributed by atoms with Gasteiger partial charge in [-0.25, -0.2) is 8.78 Å². The molecule has 1 aromatic carbocycles. The van der Waals surface area contributed by atoms with Crippen LogP contribution in [0.3, 0.4) is 0 Å². The number of rotatable bonds is 0. The van der Waals surface area contributed by atoms with Crippen LogP contribution in [-0.2, 0) is 6.42 Å². The largest absolute Gasteiger partial charge is 0.502 e. The summed E-state index contributed by atoms with van der Waals surface area (Å²) in [5, 5.41) is 12.6. The predicted octanol–water partition coefficient (Wildman–Crippen LogP) is 3.03. The quantitative estimate of drug-likeness (QED) is 0.686. The number of piperidine rings is 1. The minimum absolute atomic E-state index is 0.0572. The van der Waals surface area contributed by atoms with Crippen molar-refractivity contribution >= 4 is 5.91 Å². The smallest absolute Gasteiger partial charge is 0.277 e. The minimum Gasteiger partial charge on any atom is -0.502 e. The maximum Gasteiger partial charge on any atom is 0.277 e. The van der Waals surface area contributed by atoms with Crippen molar-refractivity contribution in [2.45, 2.75) is 50.2 Å². The molecule has 3 aliphatic carbocycles. The summed E-state index contributed by atoms with van der Waals surface area (Å²) in [6.07, 6.45) is 3.96. The number of halogens is 2. The first kappa shape index (κ1) is 18.7. The number of alkyl halides is 2. The Morgan fingerprint density at radius 2 is 1.94 bits per heavy atom. The van der Waals surface area contributed by atoms with Gasteiger partial charge >= 0.3 is 0 Å². The van der Waals surface area contributed by atoms with E-state index < -0.39 is 34.3 Å². The van der Waals surface area contributed by atoms with Crippen LogP contribution in [0.25, 0.3) is 0 Å². The second kappa shape index (κ2) is 5.35. The van der Waals surface area contributed by atoms with Crippen LogP contribution in [0.5, 0.6) is 5.75 Å². The summed E-state index contributed by atoms with van der Waals surface area (Å²) in [7, 11) is 1.68. The van der Waals surface area contributed by atoms with Crippen LogP contribution in [-0.4, -0.2) is 39.7 Å². The molecular weight excluding hydrogens is 416 g/mol. The number of carbonyl (C=O) groups is 1. The summed E-state index contributed by atoms with van der Waals surface area (Å²) in [6, 6.07) is 8.86. The fourth-order valence-electron chi connectivity index (χ4n) is 7.73. The van der Waals surface area contributed by atoms with E-state index >= 15 is 0 Å². The number of aromatic nitrogens is 1. The number of carbonyl (C=O) groups excluding carboxylic acids is 1. The number of benzene rings is 1. The molecule has 1 N–H and O–H groups in total. The van der Waals surface area contributed by atoms with E-state index in [1.165, 1.54) is 6.07 Å². The van der Waals surface area contributed by atoms with Crippen molar-refractivity contribution in [1.29, 1.82) is 0 Å². The summed E-state index contributed by atoms with van der Waals surface area (Å²) in [4.78, 5) is 26.8. The van der Waals surface area contributed by atoms with Crippen molar-refractivity contribution in [2.75, 3.05) is 12.1 Å². The average molecular weight is 439 g/mol. The summed E-state index contributed by atoms with van der Waals surface area (Å²) in [5.74, 6) is -4.21. The lowest BCUT2D eigenvalue weighted by Crippen LogP contribution is -2.66. The van der Waals surface area contributed by atoms with Gasteiger partial charge < -0.3 is 10.0 Å². The monoisotopic (exact) mass is 439 g/mol. The zero-order valence-corrected chi connectivity index (χ0v) is 17.6. The SMILES string of the molecule is CN1C(=O)c2c(O)c(=O)ccn2N2C1CCC13CC4C(F)(F)C4(Cc4ccccc4C21)C3. The Labute approximate surface area is 183 Å². The number of amides is 1. The van der Waals surface area contributed by atoms with Gasteiger partial charge in [-0.05, 0) is 48.6 Å². The third kappa shape index (κ3) is 1.84. The van der Waals surface area contributed by atoms with E-state index in [9.17, 15) is 23.5 Å². The highest BCUT2D eigenvalue weighted by atomic mass is 19.3. The fourth-order valence-corrected chi connectivity index (χ4v) is 7.73. The molecule has 2 saturated carbocycles. The number of hydrogen-bond donors (Lipinski definition) is 1. The van der Waals surface area contributed by atoms with Crippen LogP contribution < -0.4 is 10.4 Å². The van der Waals surface area contributed by atoms with Crippen molar-refractivity contribution < 1.29 is 18.7 Å². The molecule has 1 saturated heterocycles. The Morgan fingerprint density at radius 3 is 2.75 bits per heavy atom. The Morgan fingerprint density at radius 1 is 1.16 bits per heavy atom. The molecule has 3 heterocycles. The molecule has 32 heavy (non-hydrogen) atoms. The zero-order valence-electron chi connectivity index (χ0n) is 17.6. The van der Waals surface area contributed by atoms with E-state index in [4.69, 9.17) is 0 Å². The van der Waals surface area contributed by atoms with Gasteiger partial charge in [-0.15, -0.1) is 0 Å². The average Bonchev–Trinajstić information content (AvgIpc) is 3.02. The molecule has 6 nitrogen and oxygen atoms in total. The van der Waals surface area contributed by atoms with E-state index in [0.29, 0.717) is 25.7 Å². The Bertz CT molecular complexity index is 1280. The molecule has 1 amide bonds. The lowest BCUT2D eigenvalue weighted by Gasteiger charge is -2.58. The number of nitrogens with zero attached hydrogens (tertiary/aromatic N) is 3. The zero-order chi connectivity index (χ0) is 22.2. The molecular formula is C24H23F2N3O3. The first-order valence-corrected chi connectivity index (χ1v) is 11.2. The highest BCUT2D eigenvalue weighted by Gasteiger charge is 2.86. The maximum absolute atomic E-state index is 15.0. The molecule has 2 aliphatic heterocycles. The Kier molecular flexibility index (Phi) is 3.12. The van der Waals surface area contributed by atoms with Gasteiger partial charge in [0.05, 0.1) is 6.04 Å². The minimum atomic E-state index is -2.63. The molecule has 8 heteroatoms. The van der Waals surface area contributed by atoms with E-state index in [2.05, 4.69) is 5.01 Å². The van der Waals surface area contributed by atoms with Gasteiger partial charge in [-0.3, -0.25) is 19.3 Å². The number of hydrogen-bond acceptors (Lipinski definition) is 4. The predicted molar refractivity (Wildman–Crippen MR) is 111 cm³/mol. The lowest BCUT2D eigenvalue weighted by molar-refractivity contribution is -0.0186. The van der Waals surface area contributed by atoms with Gasteiger partial charge in [0.2, 0.25) is 5.43 Å². The van der Waals surface area contributed by atoms with Crippen molar-refractivity contribution in [3.05, 3.63) is 63.6 Å². The van der Waals surface area contributed by atoms with Gasteiger partial charge in [0.1, 0.15) is 6.17 Å². The normalized spacial score (nSPS) is 37.6. The van der Waals surface area contributed by atoms with Gasteiger partial charge in [-0.2, -0.15) is 0 Å². The molecule has 7 rings (SSSR count). The van der Waals surface area contributed by atoms with Crippen LogP contribution in [0.2, 0.25) is 0 Å². The van der Waals surface area contributed by atoms with Gasteiger partial charge in [0.25, 0.3) is 11.8 Å². The van der Waals surface area contributed by atoms with Crippen molar-refractivity contribution in [3.63, 3.8) is 0 Å². The van der Waals surface area contributed by atoms with Gasteiger partial charge in [0, 0.05) is 30.6 Å². The molecule has 5 atom stereocenters. The third-order valence-corrected chi connectivity index (χ3v) is 9.14. The van der Waals surface area contributed by atoms with Crippen LogP contribution in [0.15, 0.2) is 41.3 Å². The van der Waals surface area contributed by atoms with Crippen LogP contribution in [0.1, 0.15) is 53.3 Å². The highest BCUT2D eigenvalue weighted by molar-refractivity contribution is 5.96. The molecule has 1 aromatic heterocycles. The maximum atomic E-state index is 15.0. The standard InChI is InChI=1S/C24H23F2N3O3/c1-27-17-6-8-22-11-16-23(12-22,24(16,25)26)10-13-4-2-3-5-14(13)20(22)29(17)28-9-7-15(30)19(31)18(28)21(27)32/h2-5,7,9,16-17,20,31H,6,8,10-12H2,1H3. The van der Waals surface area contributed by atoms with Crippen LogP contribution in [0, 0.1) is 16.7 Å². The van der Waals surface area contributed by atoms with E-state index in [0.717, 1.165) is 17.5 Å². The van der Waals surface area contributed by atoms with Crippen molar-refractivity contribution in [3.8, 4) is 5.75 Å². The Balaban J connectivity index is 1.50. The van der Waals surface area contributed by atoms with Crippen molar-refractivity contribution in [2.24, 2.45) is 16.7 Å². The Hall–Kier alpha value is -2.90. The number of aromatic hydroxyl groups is 1. The highest BCUT2D eigenvalue weighted by Crippen LogP contribution is 2.83. The molecule has 5 unspecified atom stereocenters. The molecule has 0 radical (unpaired) electrons. The molecule has 2 spiro atoms. The number of fused-ring (bicyclic) bond motifs is 6. The topological polar surface area (TPSA) is 65.8 Å². The van der Waals surface area contributed by atoms with Crippen LogP contribution in [0.4, 0.5) is 8.78 Å². The summed E-state index contributed by atoms with van der Waals surface area (Å²) in [6.45, 7) is 0.